The van der Waals surface area contributed by atoms with Gasteiger partial charge in [0.05, 0.1) is 10.6 Å². The van der Waals surface area contributed by atoms with Crippen LogP contribution in [0.15, 0.2) is 47.8 Å². The van der Waals surface area contributed by atoms with Crippen LogP contribution in [-0.4, -0.2) is 22.6 Å². The minimum absolute atomic E-state index is 0.0359. The molecule has 1 aliphatic heterocycles. The molecule has 0 fully saturated rings. The Labute approximate surface area is 132 Å². The minimum atomic E-state index is -0.0359. The number of fused-ring (bicyclic) bond motifs is 1. The average molecular weight is 309 g/mol. The van der Waals surface area contributed by atoms with E-state index in [0.29, 0.717) is 5.69 Å². The Hall–Kier alpha value is -2.40. The summed E-state index contributed by atoms with van der Waals surface area (Å²) in [6.07, 6.45) is 2.02. The zero-order chi connectivity index (χ0) is 14.9. The summed E-state index contributed by atoms with van der Waals surface area (Å²) < 4.78 is 0. The van der Waals surface area contributed by atoms with Crippen molar-refractivity contribution in [2.24, 2.45) is 0 Å². The molecule has 1 N–H and O–H groups in total. The number of aromatic amines is 1. The number of rotatable bonds is 2. The summed E-state index contributed by atoms with van der Waals surface area (Å²) in [5.41, 5.74) is 3.61. The molecular formula is C17H15N3OS. The highest BCUT2D eigenvalue weighted by molar-refractivity contribution is 7.13. The van der Waals surface area contributed by atoms with Crippen LogP contribution in [0.1, 0.15) is 22.5 Å². The molecule has 0 radical (unpaired) electrons. The lowest BCUT2D eigenvalue weighted by molar-refractivity contribution is 0.0980. The number of H-pyrrole nitrogens is 1. The maximum atomic E-state index is 12.8. The van der Waals surface area contributed by atoms with Crippen LogP contribution in [0.5, 0.6) is 0 Å². The van der Waals surface area contributed by atoms with E-state index in [4.69, 9.17) is 0 Å². The van der Waals surface area contributed by atoms with Gasteiger partial charge in [-0.15, -0.1) is 11.3 Å². The van der Waals surface area contributed by atoms with Crippen LogP contribution in [-0.2, 0) is 6.42 Å². The molecule has 3 heterocycles. The number of hydrogen-bond donors (Lipinski definition) is 1. The van der Waals surface area contributed by atoms with Gasteiger partial charge in [-0.2, -0.15) is 5.10 Å². The first-order valence-corrected chi connectivity index (χ1v) is 8.20. The Kier molecular flexibility index (Phi) is 3.27. The Morgan fingerprint density at radius 2 is 2.14 bits per heavy atom. The molecule has 2 aromatic heterocycles. The number of carbonyl (C=O) groups is 1. The fourth-order valence-electron chi connectivity index (χ4n) is 2.87. The summed E-state index contributed by atoms with van der Waals surface area (Å²) in [5, 5.41) is 9.19. The quantitative estimate of drug-likeness (QED) is 0.784. The summed E-state index contributed by atoms with van der Waals surface area (Å²) in [6.45, 7) is 0.747. The van der Waals surface area contributed by atoms with Crippen molar-refractivity contribution in [3.05, 3.63) is 59.1 Å². The number of hydrogen-bond acceptors (Lipinski definition) is 3. The molecule has 1 aliphatic rings. The van der Waals surface area contributed by atoms with E-state index in [0.717, 1.165) is 35.6 Å². The van der Waals surface area contributed by atoms with Gasteiger partial charge in [0, 0.05) is 12.2 Å². The third-order valence-corrected chi connectivity index (χ3v) is 4.84. The molecule has 3 aromatic rings. The number of aryl methyl sites for hydroxylation is 1. The van der Waals surface area contributed by atoms with Crippen molar-refractivity contribution in [2.75, 3.05) is 11.4 Å². The molecule has 1 aromatic carbocycles. The fraction of sp³-hybridized carbons (Fsp3) is 0.176. The Balaban J connectivity index is 1.66. The smallest absolute Gasteiger partial charge is 0.278 e. The van der Waals surface area contributed by atoms with Gasteiger partial charge < -0.3 is 4.90 Å². The number of nitrogens with zero attached hydrogens (tertiary/aromatic N) is 2. The molecule has 5 heteroatoms. The standard InChI is InChI=1S/C17H15N3OS/c21-17(14-11-13(18-19-14)16-8-4-10-22-16)20-9-3-6-12-5-1-2-7-15(12)20/h1-2,4-5,7-8,10-11H,3,6,9H2,(H,18,19). The van der Waals surface area contributed by atoms with Gasteiger partial charge in [-0.05, 0) is 42.0 Å². The van der Waals surface area contributed by atoms with E-state index >= 15 is 0 Å². The maximum absolute atomic E-state index is 12.8. The summed E-state index contributed by atoms with van der Waals surface area (Å²) in [4.78, 5) is 15.7. The van der Waals surface area contributed by atoms with E-state index in [1.807, 2.05) is 46.7 Å². The number of carbonyl (C=O) groups excluding carboxylic acids is 1. The molecule has 0 atom stereocenters. The molecule has 0 saturated heterocycles. The van der Waals surface area contributed by atoms with Crippen LogP contribution in [0.3, 0.4) is 0 Å². The topological polar surface area (TPSA) is 49.0 Å². The van der Waals surface area contributed by atoms with Crippen molar-refractivity contribution in [3.63, 3.8) is 0 Å². The van der Waals surface area contributed by atoms with E-state index in [-0.39, 0.29) is 5.91 Å². The molecule has 1 amide bonds. The highest BCUT2D eigenvalue weighted by Crippen LogP contribution is 2.29. The molecule has 0 unspecified atom stereocenters. The number of para-hydroxylation sites is 1. The number of amides is 1. The highest BCUT2D eigenvalue weighted by Gasteiger charge is 2.25. The molecule has 0 aliphatic carbocycles. The van der Waals surface area contributed by atoms with Crippen LogP contribution in [0.2, 0.25) is 0 Å². The largest absolute Gasteiger partial charge is 0.307 e. The van der Waals surface area contributed by atoms with Crippen molar-refractivity contribution in [1.29, 1.82) is 0 Å². The van der Waals surface area contributed by atoms with Gasteiger partial charge in [0.15, 0.2) is 5.69 Å². The first-order valence-electron chi connectivity index (χ1n) is 7.32. The third-order valence-electron chi connectivity index (χ3n) is 3.94. The van der Waals surface area contributed by atoms with Crippen LogP contribution in [0.4, 0.5) is 5.69 Å². The number of nitrogens with one attached hydrogen (secondary N) is 1. The molecule has 0 saturated carbocycles. The normalized spacial score (nSPS) is 13.9. The Morgan fingerprint density at radius 3 is 3.00 bits per heavy atom. The highest BCUT2D eigenvalue weighted by atomic mass is 32.1. The molecule has 0 spiro atoms. The fourth-order valence-corrected chi connectivity index (χ4v) is 3.56. The van der Waals surface area contributed by atoms with Crippen LogP contribution < -0.4 is 4.90 Å². The first-order chi connectivity index (χ1) is 10.8. The zero-order valence-corrected chi connectivity index (χ0v) is 12.8. The van der Waals surface area contributed by atoms with Crippen molar-refractivity contribution in [3.8, 4) is 10.6 Å². The molecule has 4 nitrogen and oxygen atoms in total. The van der Waals surface area contributed by atoms with Gasteiger partial charge in [-0.1, -0.05) is 24.3 Å². The zero-order valence-electron chi connectivity index (χ0n) is 12.0. The summed E-state index contributed by atoms with van der Waals surface area (Å²) in [6, 6.07) is 14.0. The van der Waals surface area contributed by atoms with Gasteiger partial charge in [-0.25, -0.2) is 0 Å². The predicted octanol–water partition coefficient (Wildman–Crippen LogP) is 3.73. The van der Waals surface area contributed by atoms with Crippen molar-refractivity contribution < 1.29 is 4.79 Å². The molecule has 4 rings (SSSR count). The van der Waals surface area contributed by atoms with Crippen LogP contribution in [0, 0.1) is 0 Å². The second-order valence-electron chi connectivity index (χ2n) is 5.33. The third kappa shape index (κ3) is 2.23. The number of aromatic nitrogens is 2. The molecular weight excluding hydrogens is 294 g/mol. The van der Waals surface area contributed by atoms with E-state index in [2.05, 4.69) is 16.3 Å². The van der Waals surface area contributed by atoms with Crippen LogP contribution >= 0.6 is 11.3 Å². The van der Waals surface area contributed by atoms with E-state index in [9.17, 15) is 4.79 Å². The van der Waals surface area contributed by atoms with Crippen molar-refractivity contribution in [2.45, 2.75) is 12.8 Å². The SMILES string of the molecule is O=C(c1cc(-c2cccs2)[nH]n1)N1CCCc2ccccc21. The van der Waals surface area contributed by atoms with E-state index in [1.165, 1.54) is 5.56 Å². The number of benzene rings is 1. The van der Waals surface area contributed by atoms with Crippen molar-refractivity contribution >= 4 is 22.9 Å². The van der Waals surface area contributed by atoms with Crippen LogP contribution in [0.25, 0.3) is 10.6 Å². The monoisotopic (exact) mass is 309 g/mol. The Morgan fingerprint density at radius 1 is 1.23 bits per heavy atom. The summed E-state index contributed by atoms with van der Waals surface area (Å²) in [5.74, 6) is -0.0359. The lowest BCUT2D eigenvalue weighted by atomic mass is 10.0. The first kappa shape index (κ1) is 13.3. The Bertz CT molecular complexity index is 807. The second-order valence-corrected chi connectivity index (χ2v) is 6.28. The van der Waals surface area contributed by atoms with E-state index < -0.39 is 0 Å². The minimum Gasteiger partial charge on any atom is -0.307 e. The van der Waals surface area contributed by atoms with E-state index in [1.54, 1.807) is 11.3 Å². The number of thiophene rings is 1. The molecule has 22 heavy (non-hydrogen) atoms. The molecule has 110 valence electrons. The predicted molar refractivity (Wildman–Crippen MR) is 88.3 cm³/mol. The lowest BCUT2D eigenvalue weighted by Crippen LogP contribution is -2.35. The lowest BCUT2D eigenvalue weighted by Gasteiger charge is -2.28. The number of anilines is 1. The molecule has 0 bridgehead atoms. The van der Waals surface area contributed by atoms with Gasteiger partial charge in [0.25, 0.3) is 5.91 Å². The second kappa shape index (κ2) is 5.42. The van der Waals surface area contributed by atoms with Gasteiger partial charge in [-0.3, -0.25) is 9.89 Å². The van der Waals surface area contributed by atoms with Gasteiger partial charge in [0.1, 0.15) is 0 Å². The van der Waals surface area contributed by atoms with Gasteiger partial charge in [0.2, 0.25) is 0 Å². The average Bonchev–Trinajstić information content (AvgIpc) is 3.24. The van der Waals surface area contributed by atoms with Gasteiger partial charge >= 0.3 is 0 Å². The summed E-state index contributed by atoms with van der Waals surface area (Å²) in [7, 11) is 0. The maximum Gasteiger partial charge on any atom is 0.278 e. The summed E-state index contributed by atoms with van der Waals surface area (Å²) >= 11 is 1.63. The van der Waals surface area contributed by atoms with Crippen molar-refractivity contribution in [1.82, 2.24) is 10.2 Å².